The fraction of sp³-hybridized carbons (Fsp3) is 0.120. The molecule has 31 heavy (non-hydrogen) atoms. The average Bonchev–Trinajstić information content (AvgIpc) is 3.25. The summed E-state index contributed by atoms with van der Waals surface area (Å²) >= 11 is 5.61. The molecule has 0 spiro atoms. The third-order valence-corrected chi connectivity index (χ3v) is 5.99. The first kappa shape index (κ1) is 19.3. The molecule has 2 heterocycles. The molecule has 3 aromatic rings. The van der Waals surface area contributed by atoms with Crippen LogP contribution in [0.15, 0.2) is 90.5 Å². The summed E-state index contributed by atoms with van der Waals surface area (Å²) < 4.78 is 6.11. The van der Waals surface area contributed by atoms with E-state index in [-0.39, 0.29) is 5.91 Å². The van der Waals surface area contributed by atoms with E-state index in [1.54, 1.807) is 11.0 Å². The number of carbonyl (C=O) groups excluding carboxylic acids is 1. The van der Waals surface area contributed by atoms with Crippen LogP contribution in [0.25, 0.3) is 10.8 Å². The van der Waals surface area contributed by atoms with Crippen molar-refractivity contribution >= 4 is 45.4 Å². The molecule has 154 valence electrons. The lowest BCUT2D eigenvalue weighted by Gasteiger charge is -2.19. The third kappa shape index (κ3) is 3.07. The smallest absolute Gasteiger partial charge is 0.277 e. The number of ether oxygens (including phenoxy) is 1. The van der Waals surface area contributed by atoms with Gasteiger partial charge >= 0.3 is 0 Å². The van der Waals surface area contributed by atoms with E-state index < -0.39 is 0 Å². The van der Waals surface area contributed by atoms with Crippen LogP contribution in [0.2, 0.25) is 0 Å². The molecule has 2 aliphatic rings. The number of amides is 1. The highest BCUT2D eigenvalue weighted by Crippen LogP contribution is 2.43. The van der Waals surface area contributed by atoms with E-state index in [0.29, 0.717) is 23.2 Å². The van der Waals surface area contributed by atoms with Gasteiger partial charge in [-0.15, -0.1) is 0 Å². The van der Waals surface area contributed by atoms with Crippen molar-refractivity contribution in [3.63, 3.8) is 0 Å². The van der Waals surface area contributed by atoms with E-state index in [1.165, 1.54) is 0 Å². The number of allylic oxidation sites excluding steroid dienone is 2. The molecule has 2 aliphatic heterocycles. The predicted octanol–water partition coefficient (Wildman–Crippen LogP) is 5.05. The zero-order chi connectivity index (χ0) is 21.5. The van der Waals surface area contributed by atoms with Gasteiger partial charge in [-0.05, 0) is 48.8 Å². The van der Waals surface area contributed by atoms with Gasteiger partial charge in [0, 0.05) is 30.7 Å². The number of para-hydroxylation sites is 1. The van der Waals surface area contributed by atoms with Crippen molar-refractivity contribution in [2.75, 3.05) is 23.4 Å². The quantitative estimate of drug-likeness (QED) is 0.432. The Morgan fingerprint density at radius 2 is 1.71 bits per heavy atom. The van der Waals surface area contributed by atoms with Gasteiger partial charge in [0.15, 0.2) is 16.7 Å². The van der Waals surface area contributed by atoms with E-state index in [9.17, 15) is 4.79 Å². The summed E-state index contributed by atoms with van der Waals surface area (Å²) in [5, 5.41) is 2.76. The highest BCUT2D eigenvalue weighted by Gasteiger charge is 2.37. The second kappa shape index (κ2) is 7.56. The topological polar surface area (TPSA) is 36.0 Å². The zero-order valence-corrected chi connectivity index (χ0v) is 18.1. The van der Waals surface area contributed by atoms with Crippen LogP contribution < -0.4 is 14.5 Å². The molecule has 3 aromatic carbocycles. The number of fused-ring (bicyclic) bond motifs is 3. The molecule has 0 N–H and O–H groups in total. The molecule has 0 bridgehead atoms. The van der Waals surface area contributed by atoms with Crippen LogP contribution in [0.3, 0.4) is 0 Å². The number of benzene rings is 3. The van der Waals surface area contributed by atoms with E-state index in [4.69, 9.17) is 17.0 Å². The van der Waals surface area contributed by atoms with E-state index in [1.807, 2.05) is 78.4 Å². The van der Waals surface area contributed by atoms with Crippen molar-refractivity contribution in [1.82, 2.24) is 4.90 Å². The molecule has 5 rings (SSSR count). The van der Waals surface area contributed by atoms with Crippen LogP contribution in [0.1, 0.15) is 6.92 Å². The number of thiocarbonyl (C=S) groups is 1. The van der Waals surface area contributed by atoms with Crippen LogP contribution in [0, 0.1) is 0 Å². The molecule has 1 saturated heterocycles. The fourth-order valence-electron chi connectivity index (χ4n) is 4.05. The van der Waals surface area contributed by atoms with E-state index >= 15 is 0 Å². The van der Waals surface area contributed by atoms with Gasteiger partial charge in [0.1, 0.15) is 5.70 Å². The van der Waals surface area contributed by atoms with E-state index in [0.717, 1.165) is 27.9 Å². The number of hydrogen-bond acceptors (Lipinski definition) is 4. The van der Waals surface area contributed by atoms with Crippen LogP contribution in [0.4, 0.5) is 11.4 Å². The molecule has 0 atom stereocenters. The molecular weight excluding hydrogens is 406 g/mol. The number of hydrogen-bond donors (Lipinski definition) is 0. The first-order valence-electron chi connectivity index (χ1n) is 10.2. The Bertz CT molecular complexity index is 1270. The second-order valence-corrected chi connectivity index (χ2v) is 7.72. The van der Waals surface area contributed by atoms with Gasteiger partial charge in [0.25, 0.3) is 5.91 Å². The van der Waals surface area contributed by atoms with Crippen LogP contribution in [0.5, 0.6) is 5.75 Å². The summed E-state index contributed by atoms with van der Waals surface area (Å²) in [7, 11) is 1.97. The Labute approximate surface area is 186 Å². The second-order valence-electron chi connectivity index (χ2n) is 7.35. The highest BCUT2D eigenvalue weighted by atomic mass is 32.1. The summed E-state index contributed by atoms with van der Waals surface area (Å²) in [5.41, 5.74) is 2.38. The average molecular weight is 428 g/mol. The van der Waals surface area contributed by atoms with Gasteiger partial charge < -0.3 is 9.64 Å². The molecule has 1 amide bonds. The lowest BCUT2D eigenvalue weighted by molar-refractivity contribution is -0.122. The zero-order valence-electron chi connectivity index (χ0n) is 17.3. The first-order chi connectivity index (χ1) is 15.1. The van der Waals surface area contributed by atoms with Crippen molar-refractivity contribution in [1.29, 1.82) is 0 Å². The minimum Gasteiger partial charge on any atom is -0.439 e. The Hall–Kier alpha value is -3.64. The van der Waals surface area contributed by atoms with Crippen molar-refractivity contribution < 1.29 is 9.53 Å². The Morgan fingerprint density at radius 1 is 0.968 bits per heavy atom. The molecule has 0 aliphatic carbocycles. The number of nitrogens with zero attached hydrogens (tertiary/aromatic N) is 3. The maximum Gasteiger partial charge on any atom is 0.277 e. The number of likely N-dealkylation sites (N-methyl/N-ethyl adjacent to an activating group) is 1. The standard InChI is InChI=1S/C25H21N3O2S/c1-3-27-24(29)20(28(25(27)31)18-10-5-4-6-11-18)14-16-22-26(2)23-19-12-8-7-9-17(19)13-15-21(23)30-22/h4-16H,3H2,1-2H3/b20-14-,22-16-. The Morgan fingerprint density at radius 3 is 2.48 bits per heavy atom. The minimum atomic E-state index is -0.114. The van der Waals surface area contributed by atoms with Crippen LogP contribution >= 0.6 is 12.2 Å². The lowest BCUT2D eigenvalue weighted by atomic mass is 10.1. The predicted molar refractivity (Wildman–Crippen MR) is 128 cm³/mol. The van der Waals surface area contributed by atoms with Gasteiger partial charge in [0.2, 0.25) is 0 Å². The number of rotatable bonds is 3. The fourth-order valence-corrected chi connectivity index (χ4v) is 4.46. The van der Waals surface area contributed by atoms with Crippen molar-refractivity contribution in [2.24, 2.45) is 0 Å². The molecular formula is C25H21N3O2S. The summed E-state index contributed by atoms with van der Waals surface area (Å²) in [4.78, 5) is 18.5. The summed E-state index contributed by atoms with van der Waals surface area (Å²) in [6.45, 7) is 2.44. The summed E-state index contributed by atoms with van der Waals surface area (Å²) in [5.74, 6) is 1.34. The third-order valence-electron chi connectivity index (χ3n) is 5.59. The van der Waals surface area contributed by atoms with Gasteiger partial charge in [-0.25, -0.2) is 0 Å². The van der Waals surface area contributed by atoms with Crippen molar-refractivity contribution in [2.45, 2.75) is 6.92 Å². The Kier molecular flexibility index (Phi) is 4.71. The molecule has 5 nitrogen and oxygen atoms in total. The molecule has 0 saturated carbocycles. The summed E-state index contributed by atoms with van der Waals surface area (Å²) in [6, 6.07) is 22.0. The Balaban J connectivity index is 1.55. The number of anilines is 2. The normalized spacial score (nSPS) is 18.5. The van der Waals surface area contributed by atoms with Gasteiger partial charge in [0.05, 0.1) is 5.69 Å². The maximum atomic E-state index is 13.1. The molecule has 0 aromatic heterocycles. The lowest BCUT2D eigenvalue weighted by Crippen LogP contribution is -2.32. The molecule has 6 heteroatoms. The molecule has 1 fully saturated rings. The van der Waals surface area contributed by atoms with Gasteiger partial charge in [-0.2, -0.15) is 0 Å². The number of carbonyl (C=O) groups is 1. The monoisotopic (exact) mass is 427 g/mol. The van der Waals surface area contributed by atoms with Gasteiger partial charge in [-0.3, -0.25) is 14.6 Å². The summed E-state index contributed by atoms with van der Waals surface area (Å²) in [6.07, 6.45) is 3.62. The van der Waals surface area contributed by atoms with Crippen LogP contribution in [-0.2, 0) is 4.79 Å². The SMILES string of the molecule is CCN1C(=O)/C(=C/C=C2\Oc3ccc4ccccc4c3N2C)N(c2ccccc2)C1=S. The van der Waals surface area contributed by atoms with Crippen LogP contribution in [-0.4, -0.2) is 29.5 Å². The van der Waals surface area contributed by atoms with Crippen molar-refractivity contribution in [3.8, 4) is 5.75 Å². The maximum absolute atomic E-state index is 13.1. The first-order valence-corrected chi connectivity index (χ1v) is 10.6. The largest absolute Gasteiger partial charge is 0.439 e. The minimum absolute atomic E-state index is 0.114. The van der Waals surface area contributed by atoms with E-state index in [2.05, 4.69) is 18.2 Å². The molecule has 0 radical (unpaired) electrons. The van der Waals surface area contributed by atoms with Gasteiger partial charge in [-0.1, -0.05) is 48.5 Å². The molecule has 0 unspecified atom stereocenters. The highest BCUT2D eigenvalue weighted by molar-refractivity contribution is 7.80. The van der Waals surface area contributed by atoms with Crippen molar-refractivity contribution in [3.05, 3.63) is 90.5 Å².